The maximum atomic E-state index is 11.6. The molecule has 0 aliphatic carbocycles. The van der Waals surface area contributed by atoms with Gasteiger partial charge in [-0.25, -0.2) is 0 Å². The summed E-state index contributed by atoms with van der Waals surface area (Å²) in [6.07, 6.45) is 3.73. The second-order valence-electron chi connectivity index (χ2n) is 3.66. The van der Waals surface area contributed by atoms with Gasteiger partial charge in [-0.15, -0.1) is 0 Å². The average Bonchev–Trinajstić information content (AvgIpc) is 2.46. The normalized spacial score (nSPS) is 20.3. The topological polar surface area (TPSA) is 26.3 Å². The molecule has 1 aliphatic rings. The number of carbonyl (C=O) groups excluding carboxylic acids is 1. The molecule has 0 bridgehead atoms. The van der Waals surface area contributed by atoms with Gasteiger partial charge in [-0.2, -0.15) is 0 Å². The summed E-state index contributed by atoms with van der Waals surface area (Å²) in [5.74, 6) is 0.122. The SMILES string of the molecule is O=C1COCCC/C1=C\c1ccccc1. The van der Waals surface area contributed by atoms with Gasteiger partial charge in [-0.1, -0.05) is 30.3 Å². The van der Waals surface area contributed by atoms with Crippen molar-refractivity contribution in [1.82, 2.24) is 0 Å². The molecule has 2 heteroatoms. The van der Waals surface area contributed by atoms with Crippen molar-refractivity contribution >= 4 is 11.9 Å². The number of ketones is 1. The van der Waals surface area contributed by atoms with Crippen molar-refractivity contribution in [1.29, 1.82) is 0 Å². The third kappa shape index (κ3) is 2.77. The van der Waals surface area contributed by atoms with E-state index in [0.29, 0.717) is 6.61 Å². The molecule has 1 saturated heterocycles. The zero-order valence-electron chi connectivity index (χ0n) is 8.61. The lowest BCUT2D eigenvalue weighted by Crippen LogP contribution is -2.07. The molecular weight excluding hydrogens is 188 g/mol. The summed E-state index contributed by atoms with van der Waals surface area (Å²) < 4.78 is 5.18. The highest BCUT2D eigenvalue weighted by atomic mass is 16.5. The van der Waals surface area contributed by atoms with E-state index < -0.39 is 0 Å². The van der Waals surface area contributed by atoms with Crippen LogP contribution in [0.1, 0.15) is 18.4 Å². The second-order valence-corrected chi connectivity index (χ2v) is 3.66. The Morgan fingerprint density at radius 3 is 2.80 bits per heavy atom. The van der Waals surface area contributed by atoms with Crippen molar-refractivity contribution in [2.45, 2.75) is 12.8 Å². The van der Waals surface area contributed by atoms with Crippen LogP contribution in [0.15, 0.2) is 35.9 Å². The van der Waals surface area contributed by atoms with Crippen LogP contribution in [0.5, 0.6) is 0 Å². The lowest BCUT2D eigenvalue weighted by Gasteiger charge is -2.00. The minimum Gasteiger partial charge on any atom is -0.373 e. The fraction of sp³-hybridized carbons (Fsp3) is 0.308. The van der Waals surface area contributed by atoms with E-state index >= 15 is 0 Å². The minimum atomic E-state index is 0.122. The van der Waals surface area contributed by atoms with Gasteiger partial charge in [0, 0.05) is 6.61 Å². The zero-order chi connectivity index (χ0) is 10.5. The van der Waals surface area contributed by atoms with Crippen molar-refractivity contribution in [3.8, 4) is 0 Å². The number of ether oxygens (including phenoxy) is 1. The van der Waals surface area contributed by atoms with Gasteiger partial charge in [0.2, 0.25) is 0 Å². The Labute approximate surface area is 89.6 Å². The summed E-state index contributed by atoms with van der Waals surface area (Å²) in [5, 5.41) is 0. The van der Waals surface area contributed by atoms with Crippen LogP contribution in [0, 0.1) is 0 Å². The predicted octanol–water partition coefficient (Wildman–Crippen LogP) is 2.45. The van der Waals surface area contributed by atoms with Crippen LogP contribution in [0.2, 0.25) is 0 Å². The van der Waals surface area contributed by atoms with Gasteiger partial charge in [0.25, 0.3) is 0 Å². The standard InChI is InChI=1S/C13H14O2/c14-13-10-15-8-4-7-12(13)9-11-5-2-1-3-6-11/h1-3,5-6,9H,4,7-8,10H2/b12-9+. The molecule has 1 heterocycles. The molecule has 1 aromatic carbocycles. The molecule has 15 heavy (non-hydrogen) atoms. The molecule has 0 unspecified atom stereocenters. The van der Waals surface area contributed by atoms with Gasteiger partial charge in [0.1, 0.15) is 6.61 Å². The van der Waals surface area contributed by atoms with Crippen LogP contribution in [-0.4, -0.2) is 19.0 Å². The first-order valence-corrected chi connectivity index (χ1v) is 5.23. The summed E-state index contributed by atoms with van der Waals surface area (Å²) in [7, 11) is 0. The molecule has 78 valence electrons. The van der Waals surface area contributed by atoms with Crippen molar-refractivity contribution < 1.29 is 9.53 Å². The second kappa shape index (κ2) is 4.89. The maximum absolute atomic E-state index is 11.6. The van der Waals surface area contributed by atoms with Gasteiger partial charge >= 0.3 is 0 Å². The quantitative estimate of drug-likeness (QED) is 0.654. The lowest BCUT2D eigenvalue weighted by molar-refractivity contribution is -0.119. The highest BCUT2D eigenvalue weighted by molar-refractivity contribution is 6.00. The highest BCUT2D eigenvalue weighted by Gasteiger charge is 2.13. The van der Waals surface area contributed by atoms with Crippen molar-refractivity contribution in [3.63, 3.8) is 0 Å². The van der Waals surface area contributed by atoms with E-state index in [2.05, 4.69) is 0 Å². The molecule has 0 atom stereocenters. The van der Waals surface area contributed by atoms with Crippen LogP contribution in [-0.2, 0) is 9.53 Å². The summed E-state index contributed by atoms with van der Waals surface area (Å²) in [6, 6.07) is 9.94. The van der Waals surface area contributed by atoms with E-state index in [1.807, 2.05) is 36.4 Å². The fourth-order valence-corrected chi connectivity index (χ4v) is 1.66. The number of rotatable bonds is 1. The van der Waals surface area contributed by atoms with Crippen LogP contribution in [0.25, 0.3) is 6.08 Å². The molecule has 0 N–H and O–H groups in total. The lowest BCUT2D eigenvalue weighted by atomic mass is 10.0. The highest BCUT2D eigenvalue weighted by Crippen LogP contribution is 2.15. The molecular formula is C13H14O2. The maximum Gasteiger partial charge on any atom is 0.184 e. The summed E-state index contributed by atoms with van der Waals surface area (Å²) in [5.41, 5.74) is 1.97. The fourth-order valence-electron chi connectivity index (χ4n) is 1.66. The van der Waals surface area contributed by atoms with Crippen LogP contribution < -0.4 is 0 Å². The smallest absolute Gasteiger partial charge is 0.184 e. The molecule has 0 spiro atoms. The monoisotopic (exact) mass is 202 g/mol. The van der Waals surface area contributed by atoms with Crippen LogP contribution in [0.3, 0.4) is 0 Å². The van der Waals surface area contributed by atoms with Gasteiger partial charge in [-0.05, 0) is 30.1 Å². The molecule has 0 radical (unpaired) electrons. The van der Waals surface area contributed by atoms with Crippen LogP contribution >= 0.6 is 0 Å². The van der Waals surface area contributed by atoms with Crippen molar-refractivity contribution in [3.05, 3.63) is 41.5 Å². The first-order chi connectivity index (χ1) is 7.36. The summed E-state index contributed by atoms with van der Waals surface area (Å²) >= 11 is 0. The number of carbonyl (C=O) groups is 1. The largest absolute Gasteiger partial charge is 0.373 e. The molecule has 1 fully saturated rings. The van der Waals surface area contributed by atoms with E-state index in [4.69, 9.17) is 4.74 Å². The molecule has 0 aromatic heterocycles. The van der Waals surface area contributed by atoms with Gasteiger partial charge < -0.3 is 4.74 Å². The number of benzene rings is 1. The third-order valence-electron chi connectivity index (χ3n) is 2.47. The Hall–Kier alpha value is -1.41. The predicted molar refractivity (Wildman–Crippen MR) is 59.5 cm³/mol. The first kappa shape index (κ1) is 10.1. The van der Waals surface area contributed by atoms with E-state index in [9.17, 15) is 4.79 Å². The van der Waals surface area contributed by atoms with Crippen LogP contribution in [0.4, 0.5) is 0 Å². The Kier molecular flexibility index (Phi) is 3.30. The minimum absolute atomic E-state index is 0.122. The number of Topliss-reactive ketones (excluding diaryl/α,β-unsaturated/α-hetero) is 1. The molecule has 1 aromatic rings. The van der Waals surface area contributed by atoms with E-state index in [1.54, 1.807) is 0 Å². The van der Waals surface area contributed by atoms with E-state index in [-0.39, 0.29) is 12.4 Å². The molecule has 0 saturated carbocycles. The molecule has 1 aliphatic heterocycles. The Morgan fingerprint density at radius 2 is 2.00 bits per heavy atom. The molecule has 2 rings (SSSR count). The van der Waals surface area contributed by atoms with Crippen molar-refractivity contribution in [2.75, 3.05) is 13.2 Å². The Morgan fingerprint density at radius 1 is 1.20 bits per heavy atom. The summed E-state index contributed by atoms with van der Waals surface area (Å²) in [6.45, 7) is 0.927. The van der Waals surface area contributed by atoms with Gasteiger partial charge in [-0.3, -0.25) is 4.79 Å². The molecule has 0 amide bonds. The Balaban J connectivity index is 2.20. The van der Waals surface area contributed by atoms with E-state index in [1.165, 1.54) is 0 Å². The number of hydrogen-bond donors (Lipinski definition) is 0. The van der Waals surface area contributed by atoms with Crippen molar-refractivity contribution in [2.24, 2.45) is 0 Å². The average molecular weight is 202 g/mol. The van der Waals surface area contributed by atoms with E-state index in [0.717, 1.165) is 24.0 Å². The first-order valence-electron chi connectivity index (χ1n) is 5.23. The van der Waals surface area contributed by atoms with Gasteiger partial charge in [0.05, 0.1) is 0 Å². The number of hydrogen-bond acceptors (Lipinski definition) is 2. The Bertz CT molecular complexity index is 365. The van der Waals surface area contributed by atoms with Gasteiger partial charge in [0.15, 0.2) is 5.78 Å². The summed E-state index contributed by atoms with van der Waals surface area (Å²) in [4.78, 5) is 11.6. The third-order valence-corrected chi connectivity index (χ3v) is 2.47. The molecule has 2 nitrogen and oxygen atoms in total. The zero-order valence-corrected chi connectivity index (χ0v) is 8.61.